The molecule has 2 heterocycles. The van der Waals surface area contributed by atoms with E-state index in [-0.39, 0.29) is 12.1 Å². The molecular weight excluding hydrogens is 420 g/mol. The van der Waals surface area contributed by atoms with Gasteiger partial charge < -0.3 is 9.84 Å². The van der Waals surface area contributed by atoms with Gasteiger partial charge in [-0.15, -0.1) is 0 Å². The van der Waals surface area contributed by atoms with Gasteiger partial charge in [0.05, 0.1) is 25.4 Å². The number of halogens is 2. The average molecular weight is 441 g/mol. The molecule has 0 aliphatic rings. The van der Waals surface area contributed by atoms with Crippen LogP contribution in [0, 0.1) is 11.6 Å². The van der Waals surface area contributed by atoms with Crippen LogP contribution in [-0.2, 0) is 12.1 Å². The second kappa shape index (κ2) is 8.39. The highest BCUT2D eigenvalue weighted by Gasteiger charge is 2.41. The van der Waals surface area contributed by atoms with Crippen molar-refractivity contribution in [3.8, 4) is 11.4 Å². The molecule has 0 unspecified atom stereocenters. The van der Waals surface area contributed by atoms with E-state index in [4.69, 9.17) is 4.74 Å². The minimum absolute atomic E-state index is 0.161. The molecule has 1 N–H and O–H groups in total. The first-order chi connectivity index (χ1) is 15.3. The summed E-state index contributed by atoms with van der Waals surface area (Å²) < 4.78 is 37.4. The van der Waals surface area contributed by atoms with Crippen molar-refractivity contribution in [2.24, 2.45) is 0 Å². The predicted molar refractivity (Wildman–Crippen MR) is 112 cm³/mol. The smallest absolute Gasteiger partial charge is 0.333 e. The molecule has 0 aliphatic carbocycles. The first-order valence-corrected chi connectivity index (χ1v) is 9.77. The predicted octanol–water partition coefficient (Wildman–Crippen LogP) is 2.67. The fraction of sp³-hybridized carbons (Fsp3) is 0.227. The van der Waals surface area contributed by atoms with Crippen LogP contribution in [0.25, 0.3) is 5.69 Å². The summed E-state index contributed by atoms with van der Waals surface area (Å²) in [6.07, 6.45) is 5.70. The van der Waals surface area contributed by atoms with E-state index in [1.807, 2.05) is 0 Å². The van der Waals surface area contributed by atoms with Crippen molar-refractivity contribution in [2.45, 2.75) is 25.1 Å². The molecule has 2 aromatic heterocycles. The molecule has 0 amide bonds. The van der Waals surface area contributed by atoms with Gasteiger partial charge in [-0.25, -0.2) is 23.2 Å². The van der Waals surface area contributed by atoms with Crippen LogP contribution in [0.4, 0.5) is 8.78 Å². The van der Waals surface area contributed by atoms with Gasteiger partial charge in [0.1, 0.15) is 35.6 Å². The Morgan fingerprint density at radius 3 is 2.53 bits per heavy atom. The number of hydrogen-bond donors (Lipinski definition) is 1. The maximum atomic E-state index is 14.7. The SMILES string of the molecule is COc1ccc(-n2ccn([C@H](C)[C@](O)(Cn3cncn3)c3ccc(F)cc3F)c2=O)cc1. The summed E-state index contributed by atoms with van der Waals surface area (Å²) in [7, 11) is 1.55. The van der Waals surface area contributed by atoms with Crippen LogP contribution in [0.1, 0.15) is 18.5 Å². The lowest BCUT2D eigenvalue weighted by Gasteiger charge is -2.35. The summed E-state index contributed by atoms with van der Waals surface area (Å²) in [5, 5.41) is 15.7. The molecule has 4 rings (SSSR count). The van der Waals surface area contributed by atoms with Gasteiger partial charge in [-0.05, 0) is 37.3 Å². The Morgan fingerprint density at radius 1 is 1.16 bits per heavy atom. The van der Waals surface area contributed by atoms with Crippen molar-refractivity contribution in [3.63, 3.8) is 0 Å². The second-order valence-electron chi connectivity index (χ2n) is 7.37. The molecule has 0 saturated carbocycles. The van der Waals surface area contributed by atoms with E-state index in [0.29, 0.717) is 17.5 Å². The Balaban J connectivity index is 1.78. The zero-order valence-corrected chi connectivity index (χ0v) is 17.4. The van der Waals surface area contributed by atoms with Crippen LogP contribution in [0.5, 0.6) is 5.75 Å². The lowest BCUT2D eigenvalue weighted by atomic mass is 9.86. The number of aliphatic hydroxyl groups is 1. The van der Waals surface area contributed by atoms with E-state index >= 15 is 0 Å². The maximum Gasteiger partial charge on any atom is 0.333 e. The number of aromatic nitrogens is 5. The first kappa shape index (κ1) is 21.4. The molecule has 0 aliphatic heterocycles. The van der Waals surface area contributed by atoms with Crippen molar-refractivity contribution < 1.29 is 18.6 Å². The molecule has 0 radical (unpaired) electrons. The molecule has 0 fully saturated rings. The van der Waals surface area contributed by atoms with Crippen LogP contribution in [0.15, 0.2) is 72.3 Å². The highest BCUT2D eigenvalue weighted by Crippen LogP contribution is 2.36. The van der Waals surface area contributed by atoms with Crippen molar-refractivity contribution in [3.05, 3.63) is 95.2 Å². The molecule has 2 atom stereocenters. The Labute approximate surface area is 182 Å². The van der Waals surface area contributed by atoms with Gasteiger partial charge in [-0.2, -0.15) is 5.10 Å². The maximum absolute atomic E-state index is 14.7. The fourth-order valence-electron chi connectivity index (χ4n) is 3.70. The minimum atomic E-state index is -1.94. The summed E-state index contributed by atoms with van der Waals surface area (Å²) >= 11 is 0. The van der Waals surface area contributed by atoms with Crippen molar-refractivity contribution >= 4 is 0 Å². The van der Waals surface area contributed by atoms with E-state index in [2.05, 4.69) is 10.1 Å². The molecule has 4 aromatic rings. The summed E-state index contributed by atoms with van der Waals surface area (Å²) in [6.45, 7) is 1.37. The quantitative estimate of drug-likeness (QED) is 0.477. The number of nitrogens with zero attached hydrogens (tertiary/aromatic N) is 5. The zero-order valence-electron chi connectivity index (χ0n) is 17.4. The van der Waals surface area contributed by atoms with Gasteiger partial charge >= 0.3 is 5.69 Å². The Morgan fingerprint density at radius 2 is 1.91 bits per heavy atom. The fourth-order valence-corrected chi connectivity index (χ4v) is 3.70. The van der Waals surface area contributed by atoms with Crippen LogP contribution in [0.3, 0.4) is 0 Å². The van der Waals surface area contributed by atoms with E-state index in [0.717, 1.165) is 6.07 Å². The van der Waals surface area contributed by atoms with Gasteiger partial charge in [-0.3, -0.25) is 9.13 Å². The van der Waals surface area contributed by atoms with Crippen LogP contribution in [0.2, 0.25) is 0 Å². The average Bonchev–Trinajstić information content (AvgIpc) is 3.42. The zero-order chi connectivity index (χ0) is 22.9. The highest BCUT2D eigenvalue weighted by atomic mass is 19.1. The summed E-state index contributed by atoms with van der Waals surface area (Å²) in [6, 6.07) is 8.85. The van der Waals surface area contributed by atoms with E-state index in [9.17, 15) is 18.7 Å². The Bertz CT molecular complexity index is 1270. The van der Waals surface area contributed by atoms with Crippen molar-refractivity contribution in [1.29, 1.82) is 0 Å². The lowest BCUT2D eigenvalue weighted by molar-refractivity contribution is -0.0342. The van der Waals surface area contributed by atoms with E-state index in [1.165, 1.54) is 38.7 Å². The van der Waals surface area contributed by atoms with Gasteiger partial charge in [0.25, 0.3) is 0 Å². The molecule has 0 spiro atoms. The van der Waals surface area contributed by atoms with E-state index < -0.39 is 29.0 Å². The number of ether oxygens (including phenoxy) is 1. The number of imidazole rings is 1. The van der Waals surface area contributed by atoms with Crippen LogP contribution in [-0.4, -0.2) is 36.1 Å². The second-order valence-corrected chi connectivity index (χ2v) is 7.37. The Kier molecular flexibility index (Phi) is 5.62. The monoisotopic (exact) mass is 441 g/mol. The van der Waals surface area contributed by atoms with Crippen LogP contribution < -0.4 is 10.4 Å². The van der Waals surface area contributed by atoms with E-state index in [1.54, 1.807) is 44.5 Å². The molecule has 0 bridgehead atoms. The number of rotatable bonds is 7. The third kappa shape index (κ3) is 3.80. The number of hydrogen-bond acceptors (Lipinski definition) is 5. The van der Waals surface area contributed by atoms with Gasteiger partial charge in [-0.1, -0.05) is 6.07 Å². The summed E-state index contributed by atoms with van der Waals surface area (Å²) in [5.74, 6) is -1.06. The molecule has 8 nitrogen and oxygen atoms in total. The van der Waals surface area contributed by atoms with Crippen molar-refractivity contribution in [2.75, 3.05) is 7.11 Å². The normalized spacial score (nSPS) is 14.2. The molecule has 0 saturated heterocycles. The number of methoxy groups -OCH3 is 1. The van der Waals surface area contributed by atoms with Gasteiger partial charge in [0.15, 0.2) is 0 Å². The largest absolute Gasteiger partial charge is 0.497 e. The summed E-state index contributed by atoms with van der Waals surface area (Å²) in [4.78, 5) is 17.0. The first-order valence-electron chi connectivity index (χ1n) is 9.77. The standard InChI is InChI=1S/C22H21F2N5O3/c1-15(28-9-10-29(21(28)30)17-4-6-18(32-2)7-5-17)22(31,12-27-14-25-13-26-27)19-8-3-16(23)11-20(19)24/h3-11,13-15,31H,12H2,1-2H3/t15-,22-/m1/s1. The highest BCUT2D eigenvalue weighted by molar-refractivity contribution is 5.37. The summed E-state index contributed by atoms with van der Waals surface area (Å²) in [5.41, 5.74) is -1.95. The number of benzene rings is 2. The Hall–Kier alpha value is -3.79. The molecule has 32 heavy (non-hydrogen) atoms. The molecular formula is C22H21F2N5O3. The third-order valence-corrected chi connectivity index (χ3v) is 5.53. The third-order valence-electron chi connectivity index (χ3n) is 5.53. The molecule has 166 valence electrons. The van der Waals surface area contributed by atoms with Crippen LogP contribution >= 0.6 is 0 Å². The topological polar surface area (TPSA) is 87.1 Å². The molecule has 10 heteroatoms. The lowest BCUT2D eigenvalue weighted by Crippen LogP contribution is -2.43. The molecule has 2 aromatic carbocycles. The van der Waals surface area contributed by atoms with Gasteiger partial charge in [0.2, 0.25) is 0 Å². The minimum Gasteiger partial charge on any atom is -0.497 e. The van der Waals surface area contributed by atoms with Crippen molar-refractivity contribution in [1.82, 2.24) is 23.9 Å². The van der Waals surface area contributed by atoms with Gasteiger partial charge in [0, 0.05) is 24.0 Å².